The van der Waals surface area contributed by atoms with E-state index in [4.69, 9.17) is 0 Å². The molecule has 0 spiro atoms. The Morgan fingerprint density at radius 1 is 1.36 bits per heavy atom. The molecule has 1 aliphatic rings. The van der Waals surface area contributed by atoms with Gasteiger partial charge in [0.2, 0.25) is 0 Å². The van der Waals surface area contributed by atoms with Gasteiger partial charge in [0.15, 0.2) is 0 Å². The molecule has 3 rings (SSSR count). The molecular weight excluding hydrogens is 276 g/mol. The maximum absolute atomic E-state index is 10.0. The molecule has 22 heavy (non-hydrogen) atoms. The van der Waals surface area contributed by atoms with E-state index in [1.165, 1.54) is 11.1 Å². The van der Waals surface area contributed by atoms with Gasteiger partial charge in [-0.15, -0.1) is 0 Å². The van der Waals surface area contributed by atoms with Crippen LogP contribution in [-0.2, 0) is 25.0 Å². The quantitative estimate of drug-likeness (QED) is 0.855. The minimum atomic E-state index is -0.356. The minimum Gasteiger partial charge on any atom is -0.394 e. The first-order valence-corrected chi connectivity index (χ1v) is 7.95. The largest absolute Gasteiger partial charge is 0.394 e. The van der Waals surface area contributed by atoms with E-state index in [1.807, 2.05) is 10.7 Å². The van der Waals surface area contributed by atoms with Gasteiger partial charge in [0.1, 0.15) is 12.2 Å². The van der Waals surface area contributed by atoms with Crippen LogP contribution in [0.25, 0.3) is 0 Å². The second-order valence-electron chi connectivity index (χ2n) is 6.50. The topological polar surface area (TPSA) is 63.0 Å². The van der Waals surface area contributed by atoms with Crippen LogP contribution in [0, 0.1) is 5.92 Å². The summed E-state index contributed by atoms with van der Waals surface area (Å²) in [7, 11) is 0. The molecule has 0 saturated heterocycles. The van der Waals surface area contributed by atoms with E-state index in [0.29, 0.717) is 12.5 Å². The molecule has 118 valence electrons. The minimum absolute atomic E-state index is 0.0995. The third-order valence-electron chi connectivity index (χ3n) is 4.44. The Kier molecular flexibility index (Phi) is 4.27. The Morgan fingerprint density at radius 2 is 2.18 bits per heavy atom. The van der Waals surface area contributed by atoms with Crippen molar-refractivity contribution >= 4 is 0 Å². The SMILES string of the molecule is CC(C)Cn1ncnc1CN[C@@]1(CO)CCc2ccccc21. The Labute approximate surface area is 131 Å². The van der Waals surface area contributed by atoms with Crippen molar-refractivity contribution in [1.29, 1.82) is 0 Å². The molecule has 1 aliphatic carbocycles. The second kappa shape index (κ2) is 6.18. The van der Waals surface area contributed by atoms with Crippen molar-refractivity contribution in [2.24, 2.45) is 5.92 Å². The zero-order valence-electron chi connectivity index (χ0n) is 13.3. The molecular formula is C17H24N4O. The summed E-state index contributed by atoms with van der Waals surface area (Å²) in [5, 5.41) is 17.8. The average Bonchev–Trinajstić information content (AvgIpc) is 3.10. The van der Waals surface area contributed by atoms with Crippen molar-refractivity contribution in [2.75, 3.05) is 6.61 Å². The molecule has 1 aromatic heterocycles. The predicted octanol–water partition coefficient (Wildman–Crippen LogP) is 1.86. The number of aliphatic hydroxyl groups excluding tert-OH is 1. The summed E-state index contributed by atoms with van der Waals surface area (Å²) in [6.45, 7) is 5.91. The Hall–Kier alpha value is -1.72. The van der Waals surface area contributed by atoms with Crippen LogP contribution in [0.4, 0.5) is 0 Å². The third-order valence-corrected chi connectivity index (χ3v) is 4.44. The lowest BCUT2D eigenvalue weighted by molar-refractivity contribution is 0.157. The van der Waals surface area contributed by atoms with E-state index in [1.54, 1.807) is 6.33 Å². The van der Waals surface area contributed by atoms with Crippen molar-refractivity contribution in [1.82, 2.24) is 20.1 Å². The van der Waals surface area contributed by atoms with Crippen LogP contribution in [-0.4, -0.2) is 26.5 Å². The van der Waals surface area contributed by atoms with Crippen LogP contribution in [0.3, 0.4) is 0 Å². The van der Waals surface area contributed by atoms with Crippen molar-refractivity contribution in [3.05, 3.63) is 47.5 Å². The van der Waals surface area contributed by atoms with Gasteiger partial charge in [-0.3, -0.25) is 5.32 Å². The van der Waals surface area contributed by atoms with Crippen LogP contribution in [0.1, 0.15) is 37.2 Å². The molecule has 5 heteroatoms. The van der Waals surface area contributed by atoms with E-state index in [9.17, 15) is 5.11 Å². The summed E-state index contributed by atoms with van der Waals surface area (Å²) >= 11 is 0. The molecule has 2 N–H and O–H groups in total. The number of hydrogen-bond acceptors (Lipinski definition) is 4. The maximum atomic E-state index is 10.0. The number of nitrogens with one attached hydrogen (secondary N) is 1. The number of hydrogen-bond donors (Lipinski definition) is 2. The maximum Gasteiger partial charge on any atom is 0.140 e. The first-order valence-electron chi connectivity index (χ1n) is 7.95. The lowest BCUT2D eigenvalue weighted by atomic mass is 9.92. The molecule has 5 nitrogen and oxygen atoms in total. The van der Waals surface area contributed by atoms with Gasteiger partial charge < -0.3 is 5.11 Å². The molecule has 2 aromatic rings. The van der Waals surface area contributed by atoms with Gasteiger partial charge >= 0.3 is 0 Å². The molecule has 0 fully saturated rings. The van der Waals surface area contributed by atoms with Gasteiger partial charge in [0, 0.05) is 6.54 Å². The van der Waals surface area contributed by atoms with Gasteiger partial charge in [0.05, 0.1) is 18.7 Å². The summed E-state index contributed by atoms with van der Waals surface area (Å²) in [6.07, 6.45) is 3.52. The number of fused-ring (bicyclic) bond motifs is 1. The van der Waals surface area contributed by atoms with Gasteiger partial charge in [0.25, 0.3) is 0 Å². The summed E-state index contributed by atoms with van der Waals surface area (Å²) in [5.41, 5.74) is 2.19. The molecule has 0 aliphatic heterocycles. The van der Waals surface area contributed by atoms with E-state index >= 15 is 0 Å². The monoisotopic (exact) mass is 300 g/mol. The van der Waals surface area contributed by atoms with E-state index in [-0.39, 0.29) is 12.1 Å². The number of aryl methyl sites for hydroxylation is 1. The molecule has 0 bridgehead atoms. The van der Waals surface area contributed by atoms with Gasteiger partial charge in [-0.1, -0.05) is 38.1 Å². The molecule has 0 amide bonds. The lowest BCUT2D eigenvalue weighted by Crippen LogP contribution is -2.43. The van der Waals surface area contributed by atoms with Crippen molar-refractivity contribution in [3.63, 3.8) is 0 Å². The number of rotatable bonds is 6. The first-order chi connectivity index (χ1) is 10.6. The normalized spacial score (nSPS) is 20.5. The van der Waals surface area contributed by atoms with Crippen LogP contribution >= 0.6 is 0 Å². The van der Waals surface area contributed by atoms with Crippen LogP contribution in [0.2, 0.25) is 0 Å². The summed E-state index contributed by atoms with van der Waals surface area (Å²) in [5.74, 6) is 1.45. The Balaban J connectivity index is 1.77. The molecule has 1 atom stereocenters. The summed E-state index contributed by atoms with van der Waals surface area (Å²) in [6, 6.07) is 8.36. The Bertz CT molecular complexity index is 637. The highest BCUT2D eigenvalue weighted by atomic mass is 16.3. The van der Waals surface area contributed by atoms with E-state index in [2.05, 4.69) is 47.4 Å². The standard InChI is InChI=1S/C17H24N4O/c1-13(2)10-21-16(18-12-20-21)9-19-17(11-22)8-7-14-5-3-4-6-15(14)17/h3-6,12-13,19,22H,7-11H2,1-2H3/t17-/m1/s1. The predicted molar refractivity (Wildman–Crippen MR) is 85.2 cm³/mol. The average molecular weight is 300 g/mol. The molecule has 1 aromatic carbocycles. The highest BCUT2D eigenvalue weighted by Gasteiger charge is 2.37. The van der Waals surface area contributed by atoms with Crippen LogP contribution in [0.15, 0.2) is 30.6 Å². The van der Waals surface area contributed by atoms with Gasteiger partial charge in [-0.2, -0.15) is 5.10 Å². The fraction of sp³-hybridized carbons (Fsp3) is 0.529. The van der Waals surface area contributed by atoms with E-state index in [0.717, 1.165) is 25.2 Å². The Morgan fingerprint density at radius 3 is 2.95 bits per heavy atom. The van der Waals surface area contributed by atoms with Gasteiger partial charge in [-0.05, 0) is 29.9 Å². The second-order valence-corrected chi connectivity index (χ2v) is 6.50. The smallest absolute Gasteiger partial charge is 0.140 e. The number of aromatic nitrogens is 3. The zero-order valence-corrected chi connectivity index (χ0v) is 13.3. The lowest BCUT2D eigenvalue weighted by Gasteiger charge is -2.29. The fourth-order valence-corrected chi connectivity index (χ4v) is 3.26. The van der Waals surface area contributed by atoms with Crippen LogP contribution in [0.5, 0.6) is 0 Å². The van der Waals surface area contributed by atoms with Gasteiger partial charge in [-0.25, -0.2) is 9.67 Å². The highest BCUT2D eigenvalue weighted by Crippen LogP contribution is 2.36. The van der Waals surface area contributed by atoms with Crippen molar-refractivity contribution in [3.8, 4) is 0 Å². The molecule has 0 radical (unpaired) electrons. The van der Waals surface area contributed by atoms with Crippen molar-refractivity contribution in [2.45, 2.75) is 45.3 Å². The van der Waals surface area contributed by atoms with Crippen LogP contribution < -0.4 is 5.32 Å². The summed E-state index contributed by atoms with van der Waals surface area (Å²) < 4.78 is 1.95. The summed E-state index contributed by atoms with van der Waals surface area (Å²) in [4.78, 5) is 4.36. The van der Waals surface area contributed by atoms with E-state index < -0.39 is 0 Å². The van der Waals surface area contributed by atoms with Crippen molar-refractivity contribution < 1.29 is 5.11 Å². The zero-order chi connectivity index (χ0) is 15.6. The molecule has 0 saturated carbocycles. The fourth-order valence-electron chi connectivity index (χ4n) is 3.26. The molecule has 1 heterocycles. The number of benzene rings is 1. The number of nitrogens with zero attached hydrogens (tertiary/aromatic N) is 3. The molecule has 0 unspecified atom stereocenters. The third kappa shape index (κ3) is 2.78. The first kappa shape index (κ1) is 15.2. The highest BCUT2D eigenvalue weighted by molar-refractivity contribution is 5.38. The number of aliphatic hydroxyl groups is 1.